The average Bonchev–Trinajstić information content (AvgIpc) is 3.29. The van der Waals surface area contributed by atoms with Crippen molar-refractivity contribution in [1.29, 1.82) is 0 Å². The summed E-state index contributed by atoms with van der Waals surface area (Å²) in [6, 6.07) is 3.57. The summed E-state index contributed by atoms with van der Waals surface area (Å²) in [7, 11) is 1.82. The van der Waals surface area contributed by atoms with Crippen molar-refractivity contribution in [3.63, 3.8) is 0 Å². The minimum absolute atomic E-state index is 0.305. The number of aliphatic hydroxyl groups is 1. The van der Waals surface area contributed by atoms with E-state index in [1.54, 1.807) is 36.9 Å². The van der Waals surface area contributed by atoms with Crippen LogP contribution < -0.4 is 5.32 Å². The van der Waals surface area contributed by atoms with E-state index in [1.165, 1.54) is 36.2 Å². The van der Waals surface area contributed by atoms with E-state index in [9.17, 15) is 9.90 Å². The second kappa shape index (κ2) is 9.67. The zero-order chi connectivity index (χ0) is 23.5. The summed E-state index contributed by atoms with van der Waals surface area (Å²) < 4.78 is 3.13. The van der Waals surface area contributed by atoms with Crippen LogP contribution in [0.1, 0.15) is 62.9 Å². The standard InChI is InChI=1S/C18H17ClN6O2.C5H12/c1-18(2,27)13-5-14-10(8-24(3)23-14)4-15(13)22-17(26)12-7-21-25-9-11(19)6-20-16(12)25;1-3-5-4-2/h4-9,27H,1-3H3,(H,22,26);3-5H2,1-2H3. The number of benzene rings is 1. The molecule has 0 atom stereocenters. The lowest BCUT2D eigenvalue weighted by Crippen LogP contribution is -2.21. The molecule has 8 nitrogen and oxygen atoms in total. The molecular weight excluding hydrogens is 428 g/mol. The number of hydrogen-bond acceptors (Lipinski definition) is 5. The number of rotatable bonds is 5. The molecule has 1 amide bonds. The van der Waals surface area contributed by atoms with Gasteiger partial charge in [-0.1, -0.05) is 44.7 Å². The molecule has 0 aliphatic rings. The average molecular weight is 457 g/mol. The number of nitrogens with one attached hydrogen (secondary N) is 1. The maximum absolute atomic E-state index is 12.9. The molecule has 0 radical (unpaired) electrons. The van der Waals surface area contributed by atoms with Crippen LogP contribution in [0.15, 0.2) is 36.9 Å². The van der Waals surface area contributed by atoms with Crippen LogP contribution in [0, 0.1) is 0 Å². The van der Waals surface area contributed by atoms with E-state index >= 15 is 0 Å². The molecule has 0 saturated heterocycles. The van der Waals surface area contributed by atoms with Gasteiger partial charge in [-0.15, -0.1) is 0 Å². The first-order valence-electron chi connectivity index (χ1n) is 10.6. The van der Waals surface area contributed by atoms with Crippen LogP contribution in [0.3, 0.4) is 0 Å². The van der Waals surface area contributed by atoms with E-state index in [4.69, 9.17) is 11.6 Å². The first-order chi connectivity index (χ1) is 15.1. The molecule has 1 aromatic carbocycles. The minimum atomic E-state index is -1.17. The van der Waals surface area contributed by atoms with Gasteiger partial charge in [-0.25, -0.2) is 9.50 Å². The Hall–Kier alpha value is -2.97. The molecule has 4 aromatic rings. The fourth-order valence-electron chi connectivity index (χ4n) is 3.36. The summed E-state index contributed by atoms with van der Waals surface area (Å²) in [5.74, 6) is -0.381. The molecule has 0 fully saturated rings. The Morgan fingerprint density at radius 3 is 2.53 bits per heavy atom. The predicted octanol–water partition coefficient (Wildman–Crippen LogP) is 4.95. The van der Waals surface area contributed by atoms with Gasteiger partial charge in [-0.2, -0.15) is 10.2 Å². The topological polar surface area (TPSA) is 97.3 Å². The number of halogens is 1. The number of anilines is 1. The second-order valence-corrected chi connectivity index (χ2v) is 8.66. The van der Waals surface area contributed by atoms with Crippen molar-refractivity contribution >= 4 is 39.7 Å². The second-order valence-electron chi connectivity index (χ2n) is 8.22. The Kier molecular flexibility index (Phi) is 7.16. The third kappa shape index (κ3) is 5.26. The zero-order valence-electron chi connectivity index (χ0n) is 19.1. The number of carbonyl (C=O) groups is 1. The summed E-state index contributed by atoms with van der Waals surface area (Å²) in [5, 5.41) is 23.2. The van der Waals surface area contributed by atoms with Crippen LogP contribution in [-0.2, 0) is 12.6 Å². The molecule has 0 saturated carbocycles. The van der Waals surface area contributed by atoms with Gasteiger partial charge in [0.2, 0.25) is 0 Å². The smallest absolute Gasteiger partial charge is 0.261 e. The van der Waals surface area contributed by atoms with Crippen molar-refractivity contribution in [1.82, 2.24) is 24.4 Å². The summed E-state index contributed by atoms with van der Waals surface area (Å²) in [6.07, 6.45) is 10.4. The normalized spacial score (nSPS) is 11.5. The van der Waals surface area contributed by atoms with Gasteiger partial charge in [0, 0.05) is 36.1 Å². The molecule has 4 rings (SSSR count). The van der Waals surface area contributed by atoms with E-state index in [2.05, 4.69) is 34.3 Å². The Balaban J connectivity index is 0.000000523. The van der Waals surface area contributed by atoms with Crippen LogP contribution in [0.2, 0.25) is 5.02 Å². The largest absolute Gasteiger partial charge is 0.386 e. The molecule has 0 aliphatic heterocycles. The zero-order valence-corrected chi connectivity index (χ0v) is 19.8. The summed E-state index contributed by atoms with van der Waals surface area (Å²) >= 11 is 5.91. The molecule has 3 heterocycles. The Morgan fingerprint density at radius 2 is 1.91 bits per heavy atom. The van der Waals surface area contributed by atoms with Crippen LogP contribution in [0.5, 0.6) is 0 Å². The van der Waals surface area contributed by atoms with Gasteiger partial charge in [0.1, 0.15) is 5.56 Å². The van der Waals surface area contributed by atoms with E-state index in [1.807, 2.05) is 13.2 Å². The van der Waals surface area contributed by atoms with Gasteiger partial charge in [-0.05, 0) is 26.0 Å². The van der Waals surface area contributed by atoms with Gasteiger partial charge in [-0.3, -0.25) is 9.48 Å². The van der Waals surface area contributed by atoms with Crippen molar-refractivity contribution in [2.24, 2.45) is 7.05 Å². The van der Waals surface area contributed by atoms with Gasteiger partial charge < -0.3 is 10.4 Å². The van der Waals surface area contributed by atoms with Crippen LogP contribution in [-0.4, -0.2) is 35.4 Å². The highest BCUT2D eigenvalue weighted by molar-refractivity contribution is 6.30. The van der Waals surface area contributed by atoms with Gasteiger partial charge in [0.15, 0.2) is 5.65 Å². The number of hydrogen-bond donors (Lipinski definition) is 2. The summed E-state index contributed by atoms with van der Waals surface area (Å²) in [4.78, 5) is 17.0. The van der Waals surface area contributed by atoms with Crippen LogP contribution >= 0.6 is 11.6 Å². The van der Waals surface area contributed by atoms with E-state index in [0.29, 0.717) is 27.5 Å². The molecule has 32 heavy (non-hydrogen) atoms. The molecule has 9 heteroatoms. The summed E-state index contributed by atoms with van der Waals surface area (Å²) in [6.45, 7) is 7.74. The number of nitrogens with zero attached hydrogens (tertiary/aromatic N) is 5. The maximum atomic E-state index is 12.9. The number of amides is 1. The van der Waals surface area contributed by atoms with Gasteiger partial charge >= 0.3 is 0 Å². The maximum Gasteiger partial charge on any atom is 0.261 e. The molecule has 0 bridgehead atoms. The monoisotopic (exact) mass is 456 g/mol. The van der Waals surface area contributed by atoms with Crippen molar-refractivity contribution < 1.29 is 9.90 Å². The Labute approximate surface area is 192 Å². The lowest BCUT2D eigenvalue weighted by Gasteiger charge is -2.22. The highest BCUT2D eigenvalue weighted by Crippen LogP contribution is 2.32. The van der Waals surface area contributed by atoms with E-state index in [-0.39, 0.29) is 5.91 Å². The number of unbranched alkanes of at least 4 members (excludes halogenated alkanes) is 2. The SMILES string of the molecule is CCCCC.Cn1cc2cc(NC(=O)c3cnn4cc(Cl)cnc34)c(C(C)(C)O)cc2n1. The molecular formula is C23H29ClN6O2. The number of carbonyl (C=O) groups excluding carboxylic acids is 1. The first-order valence-corrected chi connectivity index (χ1v) is 11.0. The number of fused-ring (bicyclic) bond motifs is 2. The van der Waals surface area contributed by atoms with Crippen molar-refractivity contribution in [2.45, 2.75) is 52.6 Å². The fourth-order valence-corrected chi connectivity index (χ4v) is 3.50. The third-order valence-electron chi connectivity index (χ3n) is 4.94. The Bertz CT molecular complexity index is 1240. The van der Waals surface area contributed by atoms with Crippen LogP contribution in [0.4, 0.5) is 5.69 Å². The number of aromatic nitrogens is 5. The molecule has 170 valence electrons. The lowest BCUT2D eigenvalue weighted by molar-refractivity contribution is 0.0794. The number of aryl methyl sites for hydroxylation is 1. The molecule has 0 aliphatic carbocycles. The van der Waals surface area contributed by atoms with Crippen LogP contribution in [0.25, 0.3) is 16.6 Å². The lowest BCUT2D eigenvalue weighted by atomic mass is 9.95. The minimum Gasteiger partial charge on any atom is -0.386 e. The summed E-state index contributed by atoms with van der Waals surface area (Å²) in [5.41, 5.74) is 1.33. The van der Waals surface area contributed by atoms with E-state index < -0.39 is 5.60 Å². The molecule has 0 unspecified atom stereocenters. The third-order valence-corrected chi connectivity index (χ3v) is 5.14. The highest BCUT2D eigenvalue weighted by Gasteiger charge is 2.24. The molecule has 0 spiro atoms. The first kappa shape index (κ1) is 23.7. The Morgan fingerprint density at radius 1 is 1.19 bits per heavy atom. The highest BCUT2D eigenvalue weighted by atomic mass is 35.5. The predicted molar refractivity (Wildman–Crippen MR) is 127 cm³/mol. The van der Waals surface area contributed by atoms with Crippen molar-refractivity contribution in [2.75, 3.05) is 5.32 Å². The molecule has 2 N–H and O–H groups in total. The van der Waals surface area contributed by atoms with E-state index in [0.717, 1.165) is 10.9 Å². The van der Waals surface area contributed by atoms with Gasteiger partial charge in [0.05, 0.1) is 28.5 Å². The van der Waals surface area contributed by atoms with Crippen molar-refractivity contribution in [3.8, 4) is 0 Å². The molecule has 3 aromatic heterocycles. The fraction of sp³-hybridized carbons (Fsp3) is 0.391. The van der Waals surface area contributed by atoms with Crippen molar-refractivity contribution in [3.05, 3.63) is 53.1 Å². The quantitative estimate of drug-likeness (QED) is 0.443. The van der Waals surface area contributed by atoms with Gasteiger partial charge in [0.25, 0.3) is 5.91 Å².